The second kappa shape index (κ2) is 53.0. The molecule has 0 amide bonds. The summed E-state index contributed by atoms with van der Waals surface area (Å²) in [6.07, 6.45) is 1.88. The molecule has 0 radical (unpaired) electrons. The molecule has 0 N–H and O–H groups in total. The van der Waals surface area contributed by atoms with Crippen molar-refractivity contribution in [3.63, 3.8) is 0 Å². The maximum atomic E-state index is 6.58. The van der Waals surface area contributed by atoms with Crippen LogP contribution in [0.15, 0.2) is 0 Å². The van der Waals surface area contributed by atoms with Crippen LogP contribution in [0.1, 0.15) is 8.29 Å². The van der Waals surface area contributed by atoms with Crippen LogP contribution in [0, 0.1) is 403 Å². The summed E-state index contributed by atoms with van der Waals surface area (Å²) in [6.45, 7) is 1.68. The van der Waals surface area contributed by atoms with Crippen LogP contribution in [0.2, 0.25) is 0 Å². The van der Waals surface area contributed by atoms with Crippen molar-refractivity contribution >= 4 is 0 Å². The summed E-state index contributed by atoms with van der Waals surface area (Å²) in [5, 5.41) is 0. The van der Waals surface area contributed by atoms with Crippen molar-refractivity contribution in [3.8, 4) is 403 Å². The SMILES string of the molecule is [2H]C#CC#CC#CC#CC#CC#CC#CC#CC#CC#CC#CC#CC#CC#CC#CC#CC#CC#CC#CC#CC#CC#CC#CC#CC#CC#CC#CC#CC#CC#CC#CC#CC#CC#CC. The van der Waals surface area contributed by atoms with Gasteiger partial charge in [0, 0.05) is 296 Å². The minimum atomic E-state index is 1.68. The lowest BCUT2D eigenvalue weighted by atomic mass is 10.4. The van der Waals surface area contributed by atoms with Crippen LogP contribution >= 0.6 is 0 Å². The maximum absolute atomic E-state index is 6.58. The Morgan fingerprint density at radius 1 is 0.145 bits per heavy atom. The molecule has 0 aliphatic rings. The Hall–Kier alpha value is -15.0. The molecule has 0 aromatic rings. The van der Waals surface area contributed by atoms with E-state index in [1.54, 1.807) is 6.92 Å². The Morgan fingerprint density at radius 2 is 0.232 bits per heavy atom. The van der Waals surface area contributed by atoms with E-state index in [2.05, 4.69) is 397 Å². The molecule has 69 heavy (non-hydrogen) atoms. The van der Waals surface area contributed by atoms with Gasteiger partial charge in [0.2, 0.25) is 0 Å². The van der Waals surface area contributed by atoms with Crippen molar-refractivity contribution < 1.29 is 1.37 Å². The molecule has 0 heterocycles. The first-order chi connectivity index (χ1) is 34.9. The van der Waals surface area contributed by atoms with Crippen LogP contribution in [-0.4, -0.2) is 0 Å². The zero-order valence-corrected chi connectivity index (χ0v) is 35.0. The minimum absolute atomic E-state index is 1.68. The van der Waals surface area contributed by atoms with E-state index in [0.29, 0.717) is 0 Å². The topological polar surface area (TPSA) is 0 Å². The molecule has 0 nitrogen and oxygen atoms in total. The molecule has 0 aromatic heterocycles. The summed E-state index contributed by atoms with van der Waals surface area (Å²) < 4.78 is 6.58. The Balaban J connectivity index is 4.60. The molecule has 0 rings (SSSR count). The van der Waals surface area contributed by atoms with Crippen LogP contribution in [0.5, 0.6) is 0 Å². The predicted octanol–water partition coefficient (Wildman–Crippen LogP) is 0.752. The lowest BCUT2D eigenvalue weighted by Crippen LogP contribution is -1.57. The monoisotopic (exact) mass is 833 g/mol. The molecule has 0 unspecified atom stereocenters. The largest absolute Gasteiger partial charge is 0.125 e. The van der Waals surface area contributed by atoms with Gasteiger partial charge in [-0.3, -0.25) is 0 Å². The van der Waals surface area contributed by atoms with Gasteiger partial charge in [0.25, 0.3) is 0 Å². The number of hydrogen-bond acceptors (Lipinski definition) is 0. The van der Waals surface area contributed by atoms with Gasteiger partial charge in [-0.25, -0.2) is 0 Å². The Bertz CT molecular complexity index is 4270. The maximum Gasteiger partial charge on any atom is 0.125 e. The molecular weight excluding hydrogens is 829 g/mol. The quantitative estimate of drug-likeness (QED) is 0.317. The van der Waals surface area contributed by atoms with Gasteiger partial charge >= 0.3 is 0 Å². The second-order valence-electron chi connectivity index (χ2n) is 8.50. The summed E-state index contributed by atoms with van der Waals surface area (Å²) in [6, 6.07) is 0. The van der Waals surface area contributed by atoms with E-state index in [4.69, 9.17) is 1.37 Å². The molecule has 0 aliphatic carbocycles. The molecule has 0 aliphatic heterocycles. The van der Waals surface area contributed by atoms with Gasteiger partial charge in [-0.05, 0) is 102 Å². The first-order valence-corrected chi connectivity index (χ1v) is 17.2. The summed E-state index contributed by atoms with van der Waals surface area (Å²) in [7, 11) is 0. The van der Waals surface area contributed by atoms with E-state index in [-0.39, 0.29) is 0 Å². The van der Waals surface area contributed by atoms with E-state index in [1.165, 1.54) is 0 Å². The first-order valence-electron chi connectivity index (χ1n) is 17.8. The zero-order valence-electron chi connectivity index (χ0n) is 36.0. The van der Waals surface area contributed by atoms with E-state index in [9.17, 15) is 0 Å². The Morgan fingerprint density at radius 3 is 0.319 bits per heavy atom. The molecular formula is C69H4. The normalized spacial score (nSPS) is 4.04. The van der Waals surface area contributed by atoms with Crippen LogP contribution in [-0.2, 0) is 0 Å². The van der Waals surface area contributed by atoms with Crippen molar-refractivity contribution in [2.24, 2.45) is 0 Å². The van der Waals surface area contributed by atoms with Gasteiger partial charge < -0.3 is 0 Å². The van der Waals surface area contributed by atoms with Crippen molar-refractivity contribution in [2.45, 2.75) is 6.92 Å². The average molecular weight is 834 g/mol. The van der Waals surface area contributed by atoms with E-state index in [0.717, 1.165) is 0 Å². The Kier molecular flexibility index (Phi) is 40.0. The predicted molar refractivity (Wildman–Crippen MR) is 271 cm³/mol. The molecule has 0 saturated heterocycles. The molecule has 0 fully saturated rings. The zero-order chi connectivity index (χ0) is 50.1. The molecule has 0 atom stereocenters. The van der Waals surface area contributed by atoms with Gasteiger partial charge in [0.1, 0.15) is 1.37 Å². The fraction of sp³-hybridized carbons (Fsp3) is 0.0145. The highest BCUT2D eigenvalue weighted by atomic mass is 13.6. The van der Waals surface area contributed by atoms with Crippen molar-refractivity contribution in [1.29, 1.82) is 0 Å². The summed E-state index contributed by atoms with van der Waals surface area (Å²) in [5.74, 6) is 167. The smallest absolute Gasteiger partial charge is 0.106 e. The lowest BCUT2D eigenvalue weighted by Gasteiger charge is -1.57. The molecule has 0 saturated carbocycles. The van der Waals surface area contributed by atoms with E-state index >= 15 is 0 Å². The van der Waals surface area contributed by atoms with Gasteiger partial charge in [-0.15, -0.1) is 6.40 Å². The second-order valence-corrected chi connectivity index (χ2v) is 8.50. The van der Waals surface area contributed by atoms with E-state index in [1.807, 2.05) is 6.40 Å². The standard InChI is InChI=1S/C69H4/c1-3-5-7-9-11-13-15-17-19-21-23-25-27-29-31-33-35-37-39-41-43-45-47-49-51-53-55-57-59-61-63-65-67-69-68-66-64-62-60-58-56-54-52-50-48-46-44-42-40-38-36-34-32-30-28-26-24-22-20-18-16-14-12-10-8-6-4-2/h1H,2H3/i1D. The Labute approximate surface area is 409 Å². The van der Waals surface area contributed by atoms with Crippen LogP contribution < -0.4 is 0 Å². The summed E-state index contributed by atoms with van der Waals surface area (Å²) in [4.78, 5) is 0. The van der Waals surface area contributed by atoms with Gasteiger partial charge in [-0.1, -0.05) is 5.92 Å². The lowest BCUT2D eigenvalue weighted by molar-refractivity contribution is 1.92. The van der Waals surface area contributed by atoms with Crippen molar-refractivity contribution in [3.05, 3.63) is 0 Å². The molecule has 0 heteroatoms. The third-order valence-corrected chi connectivity index (χ3v) is 4.19. The fourth-order valence-corrected chi connectivity index (χ4v) is 2.06. The average Bonchev–Trinajstić information content (AvgIpc) is 3.37. The number of rotatable bonds is 0. The van der Waals surface area contributed by atoms with Crippen molar-refractivity contribution in [2.75, 3.05) is 0 Å². The fourth-order valence-electron chi connectivity index (χ4n) is 2.06. The van der Waals surface area contributed by atoms with Crippen LogP contribution in [0.3, 0.4) is 0 Å². The van der Waals surface area contributed by atoms with Crippen LogP contribution in [0.4, 0.5) is 0 Å². The number of terminal acetylenes is 1. The number of hydrogen-bond donors (Lipinski definition) is 0. The van der Waals surface area contributed by atoms with Gasteiger partial charge in [0.05, 0.1) is 0 Å². The molecule has 280 valence electrons. The molecule has 0 aromatic carbocycles. The van der Waals surface area contributed by atoms with Gasteiger partial charge in [-0.2, -0.15) is 0 Å². The van der Waals surface area contributed by atoms with Crippen molar-refractivity contribution in [1.82, 2.24) is 0 Å². The highest BCUT2D eigenvalue weighted by Gasteiger charge is 1.64. The first kappa shape index (κ1) is 52.1. The minimum Gasteiger partial charge on any atom is -0.106 e. The molecule has 0 bridgehead atoms. The molecule has 0 spiro atoms. The third kappa shape index (κ3) is 53.0. The summed E-state index contributed by atoms with van der Waals surface area (Å²) >= 11 is 0. The highest BCUT2D eigenvalue weighted by molar-refractivity contribution is 5.52. The van der Waals surface area contributed by atoms with E-state index < -0.39 is 0 Å². The van der Waals surface area contributed by atoms with Gasteiger partial charge in [0.15, 0.2) is 0 Å². The summed E-state index contributed by atoms with van der Waals surface area (Å²) in [5.41, 5.74) is 0. The highest BCUT2D eigenvalue weighted by Crippen LogP contribution is 1.64. The third-order valence-electron chi connectivity index (χ3n) is 4.19. The van der Waals surface area contributed by atoms with Crippen LogP contribution in [0.25, 0.3) is 0 Å².